The SMILES string of the molecule is COc1ccc(CCN(c2nc3cccc(F)c3s2)C2CCN(c3cccc(C(=O)O)c3)C2)cc1. The number of aromatic nitrogens is 1. The summed E-state index contributed by atoms with van der Waals surface area (Å²) in [7, 11) is 1.65. The number of fused-ring (bicyclic) bond motifs is 1. The van der Waals surface area contributed by atoms with Crippen molar-refractivity contribution in [2.45, 2.75) is 18.9 Å². The lowest BCUT2D eigenvalue weighted by Crippen LogP contribution is -2.39. The van der Waals surface area contributed by atoms with Crippen molar-refractivity contribution in [2.75, 3.05) is 36.5 Å². The first-order valence-corrected chi connectivity index (χ1v) is 12.4. The zero-order valence-electron chi connectivity index (χ0n) is 19.4. The van der Waals surface area contributed by atoms with E-state index in [0.29, 0.717) is 10.2 Å². The van der Waals surface area contributed by atoms with Crippen LogP contribution in [0.2, 0.25) is 0 Å². The predicted octanol–water partition coefficient (Wildman–Crippen LogP) is 5.47. The molecule has 1 aromatic heterocycles. The van der Waals surface area contributed by atoms with Gasteiger partial charge in [0.1, 0.15) is 11.6 Å². The van der Waals surface area contributed by atoms with Crippen LogP contribution in [0.15, 0.2) is 66.7 Å². The second-order valence-corrected chi connectivity index (χ2v) is 9.60. The molecule has 35 heavy (non-hydrogen) atoms. The molecule has 8 heteroatoms. The number of rotatable bonds is 8. The summed E-state index contributed by atoms with van der Waals surface area (Å²) in [6.07, 6.45) is 1.71. The average Bonchev–Trinajstić information content (AvgIpc) is 3.53. The first-order valence-electron chi connectivity index (χ1n) is 11.5. The predicted molar refractivity (Wildman–Crippen MR) is 138 cm³/mol. The van der Waals surface area contributed by atoms with Crippen LogP contribution in [0, 0.1) is 5.82 Å². The summed E-state index contributed by atoms with van der Waals surface area (Å²) in [5.41, 5.74) is 3.04. The molecule has 180 valence electrons. The molecule has 1 aliphatic rings. The van der Waals surface area contributed by atoms with Gasteiger partial charge in [-0.2, -0.15) is 0 Å². The van der Waals surface area contributed by atoms with Gasteiger partial charge in [0.2, 0.25) is 0 Å². The quantitative estimate of drug-likeness (QED) is 0.353. The number of methoxy groups -OCH3 is 1. The van der Waals surface area contributed by atoms with Crippen LogP contribution in [0.3, 0.4) is 0 Å². The molecule has 0 amide bonds. The Morgan fingerprint density at radius 1 is 1.20 bits per heavy atom. The third-order valence-corrected chi connectivity index (χ3v) is 7.58. The van der Waals surface area contributed by atoms with Gasteiger partial charge in [0, 0.05) is 25.3 Å². The fraction of sp³-hybridized carbons (Fsp3) is 0.259. The minimum atomic E-state index is -0.930. The molecule has 0 spiro atoms. The molecule has 1 aliphatic heterocycles. The van der Waals surface area contributed by atoms with Crippen LogP contribution in [0.1, 0.15) is 22.3 Å². The molecule has 1 saturated heterocycles. The highest BCUT2D eigenvalue weighted by atomic mass is 32.1. The van der Waals surface area contributed by atoms with Gasteiger partial charge in [-0.1, -0.05) is 35.6 Å². The van der Waals surface area contributed by atoms with Gasteiger partial charge in [0.05, 0.1) is 28.9 Å². The monoisotopic (exact) mass is 491 g/mol. The molecule has 1 N–H and O–H groups in total. The molecule has 1 atom stereocenters. The Labute approximate surface area is 207 Å². The standard InChI is InChI=1S/C27H26FN3O3S/c1-34-22-10-8-18(9-11-22)12-15-31(27-29-24-7-3-6-23(28)25(24)35-27)21-13-14-30(17-21)20-5-2-4-19(16-20)26(32)33/h2-11,16,21H,12-15,17H2,1H3,(H,32,33). The number of hydrogen-bond acceptors (Lipinski definition) is 6. The van der Waals surface area contributed by atoms with E-state index in [1.54, 1.807) is 31.4 Å². The number of carbonyl (C=O) groups is 1. The lowest BCUT2D eigenvalue weighted by Gasteiger charge is -2.29. The zero-order valence-corrected chi connectivity index (χ0v) is 20.2. The molecule has 0 aliphatic carbocycles. The van der Waals surface area contributed by atoms with Gasteiger partial charge >= 0.3 is 5.97 Å². The summed E-state index contributed by atoms with van der Waals surface area (Å²) in [5.74, 6) is -0.359. The highest BCUT2D eigenvalue weighted by Crippen LogP contribution is 2.34. The molecule has 1 unspecified atom stereocenters. The third-order valence-electron chi connectivity index (χ3n) is 6.46. The molecule has 1 fully saturated rings. The van der Waals surface area contributed by atoms with E-state index >= 15 is 0 Å². The first-order chi connectivity index (χ1) is 17.0. The Kier molecular flexibility index (Phi) is 6.55. The molecule has 0 radical (unpaired) electrons. The fourth-order valence-corrected chi connectivity index (χ4v) is 5.64. The largest absolute Gasteiger partial charge is 0.497 e. The fourth-order valence-electron chi connectivity index (χ4n) is 4.57. The maximum Gasteiger partial charge on any atom is 0.335 e. The topological polar surface area (TPSA) is 65.9 Å². The Balaban J connectivity index is 1.40. The van der Waals surface area contributed by atoms with Crippen molar-refractivity contribution in [1.29, 1.82) is 0 Å². The van der Waals surface area contributed by atoms with Crippen molar-refractivity contribution >= 4 is 38.3 Å². The van der Waals surface area contributed by atoms with E-state index in [9.17, 15) is 14.3 Å². The van der Waals surface area contributed by atoms with Crippen LogP contribution in [-0.2, 0) is 6.42 Å². The number of ether oxygens (including phenoxy) is 1. The lowest BCUT2D eigenvalue weighted by molar-refractivity contribution is 0.0697. The number of benzene rings is 3. The normalized spacial score (nSPS) is 15.5. The van der Waals surface area contributed by atoms with Gasteiger partial charge in [-0.25, -0.2) is 14.2 Å². The van der Waals surface area contributed by atoms with Crippen LogP contribution in [0.4, 0.5) is 15.2 Å². The van der Waals surface area contributed by atoms with E-state index in [-0.39, 0.29) is 17.4 Å². The minimum Gasteiger partial charge on any atom is -0.497 e. The third kappa shape index (κ3) is 4.93. The number of aromatic carboxylic acids is 1. The summed E-state index contributed by atoms with van der Waals surface area (Å²) in [6.45, 7) is 2.29. The number of thiazole rings is 1. The molecular weight excluding hydrogens is 465 g/mol. The highest BCUT2D eigenvalue weighted by Gasteiger charge is 2.30. The molecule has 5 rings (SSSR count). The van der Waals surface area contributed by atoms with Crippen LogP contribution < -0.4 is 14.5 Å². The number of carboxylic acids is 1. The van der Waals surface area contributed by atoms with Crippen molar-refractivity contribution in [2.24, 2.45) is 0 Å². The number of halogens is 1. The number of carboxylic acid groups (broad SMARTS) is 1. The molecular formula is C27H26FN3O3S. The second kappa shape index (κ2) is 9.92. The van der Waals surface area contributed by atoms with Crippen molar-refractivity contribution in [3.05, 3.63) is 83.7 Å². The Bertz CT molecular complexity index is 1340. The summed E-state index contributed by atoms with van der Waals surface area (Å²) < 4.78 is 20.3. The van der Waals surface area contributed by atoms with Gasteiger partial charge < -0.3 is 19.6 Å². The zero-order chi connectivity index (χ0) is 24.4. The van der Waals surface area contributed by atoms with E-state index in [4.69, 9.17) is 9.72 Å². The van der Waals surface area contributed by atoms with Crippen molar-refractivity contribution < 1.29 is 19.0 Å². The van der Waals surface area contributed by atoms with E-state index < -0.39 is 5.97 Å². The molecule has 3 aromatic carbocycles. The van der Waals surface area contributed by atoms with Crippen LogP contribution >= 0.6 is 11.3 Å². The van der Waals surface area contributed by atoms with Gasteiger partial charge in [-0.3, -0.25) is 0 Å². The maximum atomic E-state index is 14.4. The molecule has 4 aromatic rings. The van der Waals surface area contributed by atoms with Gasteiger partial charge in [-0.05, 0) is 60.9 Å². The van der Waals surface area contributed by atoms with E-state index in [2.05, 4.69) is 21.9 Å². The van der Waals surface area contributed by atoms with E-state index in [1.165, 1.54) is 23.0 Å². The second-order valence-electron chi connectivity index (χ2n) is 8.62. The summed E-state index contributed by atoms with van der Waals surface area (Å²) in [6, 6.07) is 20.3. The Morgan fingerprint density at radius 2 is 2.00 bits per heavy atom. The molecule has 0 saturated carbocycles. The molecule has 6 nitrogen and oxygen atoms in total. The first kappa shape index (κ1) is 23.1. The molecule has 0 bridgehead atoms. The van der Waals surface area contributed by atoms with Crippen molar-refractivity contribution in [3.8, 4) is 5.75 Å². The smallest absolute Gasteiger partial charge is 0.335 e. The van der Waals surface area contributed by atoms with E-state index in [0.717, 1.165) is 49.0 Å². The number of hydrogen-bond donors (Lipinski definition) is 1. The lowest BCUT2D eigenvalue weighted by atomic mass is 10.1. The minimum absolute atomic E-state index is 0.172. The summed E-state index contributed by atoms with van der Waals surface area (Å²) in [4.78, 5) is 20.7. The maximum absolute atomic E-state index is 14.4. The summed E-state index contributed by atoms with van der Waals surface area (Å²) >= 11 is 1.39. The highest BCUT2D eigenvalue weighted by molar-refractivity contribution is 7.22. The van der Waals surface area contributed by atoms with Crippen LogP contribution in [-0.4, -0.2) is 48.8 Å². The van der Waals surface area contributed by atoms with Gasteiger partial charge in [-0.15, -0.1) is 0 Å². The Morgan fingerprint density at radius 3 is 2.74 bits per heavy atom. The van der Waals surface area contributed by atoms with Crippen LogP contribution in [0.5, 0.6) is 5.75 Å². The summed E-state index contributed by atoms with van der Waals surface area (Å²) in [5, 5.41) is 10.2. The van der Waals surface area contributed by atoms with Crippen molar-refractivity contribution in [1.82, 2.24) is 4.98 Å². The van der Waals surface area contributed by atoms with Crippen molar-refractivity contribution in [3.63, 3.8) is 0 Å². The van der Waals surface area contributed by atoms with Crippen LogP contribution in [0.25, 0.3) is 10.2 Å². The Hall–Kier alpha value is -3.65. The van der Waals surface area contributed by atoms with Gasteiger partial charge in [0.25, 0.3) is 0 Å². The molecule has 2 heterocycles. The number of nitrogens with zero attached hydrogens (tertiary/aromatic N) is 3. The average molecular weight is 492 g/mol. The van der Waals surface area contributed by atoms with E-state index in [1.807, 2.05) is 24.3 Å². The number of anilines is 2. The van der Waals surface area contributed by atoms with Gasteiger partial charge in [0.15, 0.2) is 5.13 Å².